The smallest absolute Gasteiger partial charge is 0.284 e. The van der Waals surface area contributed by atoms with Crippen molar-refractivity contribution in [2.75, 3.05) is 44.7 Å². The zero-order chi connectivity index (χ0) is 20.7. The molecule has 4 aliphatic rings. The summed E-state index contributed by atoms with van der Waals surface area (Å²) in [6.07, 6.45) is 13.8. The van der Waals surface area contributed by atoms with Crippen LogP contribution in [0.2, 0.25) is 0 Å². The molecule has 6 nitrogen and oxygen atoms in total. The topological polar surface area (TPSA) is 51.5 Å². The van der Waals surface area contributed by atoms with Crippen LogP contribution in [0.5, 0.6) is 0 Å². The molecule has 30 heavy (non-hydrogen) atoms. The number of hydrogen-bond acceptors (Lipinski definition) is 6. The van der Waals surface area contributed by atoms with Crippen molar-refractivity contribution in [2.45, 2.75) is 32.1 Å². The fourth-order valence-electron chi connectivity index (χ4n) is 4.75. The van der Waals surface area contributed by atoms with Crippen LogP contribution in [0, 0.1) is 18.3 Å². The van der Waals surface area contributed by atoms with Gasteiger partial charge in [0.1, 0.15) is 11.5 Å². The summed E-state index contributed by atoms with van der Waals surface area (Å²) in [4.78, 5) is 31.3. The maximum Gasteiger partial charge on any atom is 0.284 e. The van der Waals surface area contributed by atoms with Crippen molar-refractivity contribution < 1.29 is 4.79 Å². The monoisotopic (exact) mass is 421 g/mol. The Morgan fingerprint density at radius 2 is 1.97 bits per heavy atom. The number of thiophene rings is 1. The fraction of sp³-hybridized carbons (Fsp3) is 0.522. The number of carbonyl (C=O) groups is 1. The third kappa shape index (κ3) is 3.48. The molecule has 0 bridgehead atoms. The number of piperazine rings is 1. The van der Waals surface area contributed by atoms with E-state index >= 15 is 0 Å². The molecule has 1 aromatic rings. The van der Waals surface area contributed by atoms with E-state index in [9.17, 15) is 4.79 Å². The molecule has 156 valence electrons. The number of amidine groups is 1. The standard InChI is InChI=1S/C23H27N5OS/c1-3-17-13-19-22(30-17)21(16-7-5-4-6-8-16)24-14-20-25-18(23(29)28(19)20)15-27-11-9-26(2)10-12-27/h1,13,15-16H,4-12,14H2,2H3/b18-15-. The second-order valence-corrected chi connectivity index (χ2v) is 9.58. The zero-order valence-electron chi connectivity index (χ0n) is 17.4. The summed E-state index contributed by atoms with van der Waals surface area (Å²) >= 11 is 1.59. The second-order valence-electron chi connectivity index (χ2n) is 8.53. The number of rotatable bonds is 2. The highest BCUT2D eigenvalue weighted by Gasteiger charge is 2.38. The van der Waals surface area contributed by atoms with E-state index in [0.29, 0.717) is 24.0 Å². The predicted molar refractivity (Wildman–Crippen MR) is 122 cm³/mol. The molecular weight excluding hydrogens is 394 g/mol. The maximum atomic E-state index is 13.4. The molecule has 1 aromatic heterocycles. The molecule has 0 atom stereocenters. The summed E-state index contributed by atoms with van der Waals surface area (Å²) in [5.41, 5.74) is 2.51. The van der Waals surface area contributed by atoms with Crippen molar-refractivity contribution in [3.05, 3.63) is 27.7 Å². The normalized spacial score (nSPS) is 24.3. The minimum absolute atomic E-state index is 0.0633. The largest absolute Gasteiger partial charge is 0.373 e. The van der Waals surface area contributed by atoms with Gasteiger partial charge in [0.2, 0.25) is 0 Å². The van der Waals surface area contributed by atoms with Gasteiger partial charge < -0.3 is 9.80 Å². The van der Waals surface area contributed by atoms with Crippen LogP contribution in [0.4, 0.5) is 5.69 Å². The van der Waals surface area contributed by atoms with Crippen LogP contribution in [0.25, 0.3) is 0 Å². The highest BCUT2D eigenvalue weighted by molar-refractivity contribution is 7.15. The van der Waals surface area contributed by atoms with Crippen LogP contribution in [0.3, 0.4) is 0 Å². The van der Waals surface area contributed by atoms with E-state index in [1.165, 1.54) is 19.3 Å². The quantitative estimate of drug-likeness (QED) is 0.545. The molecule has 0 radical (unpaired) electrons. The lowest BCUT2D eigenvalue weighted by Gasteiger charge is -2.31. The fourth-order valence-corrected chi connectivity index (χ4v) is 5.79. The first-order valence-corrected chi connectivity index (χ1v) is 11.7. The molecular formula is C23H27N5OS. The Morgan fingerprint density at radius 1 is 1.20 bits per heavy atom. The first-order chi connectivity index (χ1) is 14.6. The summed E-state index contributed by atoms with van der Waals surface area (Å²) in [5, 5.41) is 0. The van der Waals surface area contributed by atoms with Gasteiger partial charge in [-0.25, -0.2) is 4.99 Å². The van der Waals surface area contributed by atoms with Crippen LogP contribution in [-0.4, -0.2) is 67.0 Å². The highest BCUT2D eigenvalue weighted by Crippen LogP contribution is 2.40. The number of anilines is 1. The van der Waals surface area contributed by atoms with E-state index in [-0.39, 0.29) is 5.91 Å². The van der Waals surface area contributed by atoms with Crippen LogP contribution >= 0.6 is 11.3 Å². The maximum absolute atomic E-state index is 13.4. The van der Waals surface area contributed by atoms with Crippen LogP contribution < -0.4 is 4.90 Å². The highest BCUT2D eigenvalue weighted by atomic mass is 32.1. The number of carbonyl (C=O) groups excluding carboxylic acids is 1. The average molecular weight is 422 g/mol. The lowest BCUT2D eigenvalue weighted by atomic mass is 9.85. The molecule has 1 aliphatic carbocycles. The van der Waals surface area contributed by atoms with Gasteiger partial charge in [0.25, 0.3) is 5.91 Å². The van der Waals surface area contributed by atoms with Gasteiger partial charge in [0, 0.05) is 38.3 Å². The molecule has 1 saturated heterocycles. The van der Waals surface area contributed by atoms with Crippen LogP contribution in [-0.2, 0) is 4.79 Å². The molecule has 1 amide bonds. The molecule has 2 fully saturated rings. The summed E-state index contributed by atoms with van der Waals surface area (Å²) in [6, 6.07) is 1.97. The zero-order valence-corrected chi connectivity index (χ0v) is 18.2. The van der Waals surface area contributed by atoms with E-state index in [1.54, 1.807) is 16.2 Å². The number of fused-ring (bicyclic) bond motifs is 3. The first kappa shape index (κ1) is 19.5. The third-order valence-corrected chi connectivity index (χ3v) is 7.56. The summed E-state index contributed by atoms with van der Waals surface area (Å²) in [5.74, 6) is 3.87. The van der Waals surface area contributed by atoms with Crippen molar-refractivity contribution in [1.29, 1.82) is 0 Å². The molecule has 4 heterocycles. The third-order valence-electron chi connectivity index (χ3n) is 6.48. The number of terminal acetylenes is 1. The number of hydrogen-bond donors (Lipinski definition) is 0. The summed E-state index contributed by atoms with van der Waals surface area (Å²) in [6.45, 7) is 4.26. The predicted octanol–water partition coefficient (Wildman–Crippen LogP) is 2.95. The Bertz CT molecular complexity index is 984. The van der Waals surface area contributed by atoms with Gasteiger partial charge in [-0.05, 0) is 26.0 Å². The summed E-state index contributed by atoms with van der Waals surface area (Å²) < 4.78 is 0. The van der Waals surface area contributed by atoms with Gasteiger partial charge in [-0.1, -0.05) is 25.2 Å². The Balaban J connectivity index is 1.50. The van der Waals surface area contributed by atoms with E-state index < -0.39 is 0 Å². The lowest BCUT2D eigenvalue weighted by molar-refractivity contribution is -0.114. The molecule has 1 saturated carbocycles. The number of aliphatic imine (C=N–C) groups is 2. The van der Waals surface area contributed by atoms with Crippen LogP contribution in [0.15, 0.2) is 27.9 Å². The van der Waals surface area contributed by atoms with Gasteiger partial charge in [0.05, 0.1) is 27.7 Å². The number of likely N-dealkylation sites (N-methyl/N-ethyl adjacent to an activating group) is 1. The van der Waals surface area contributed by atoms with E-state index in [4.69, 9.17) is 16.4 Å². The van der Waals surface area contributed by atoms with Gasteiger partial charge in [-0.15, -0.1) is 17.8 Å². The van der Waals surface area contributed by atoms with Crippen molar-refractivity contribution in [3.8, 4) is 12.3 Å². The van der Waals surface area contributed by atoms with Gasteiger partial charge in [-0.2, -0.15) is 0 Å². The van der Waals surface area contributed by atoms with Gasteiger partial charge >= 0.3 is 0 Å². The molecule has 0 aromatic carbocycles. The average Bonchev–Trinajstić information content (AvgIpc) is 3.27. The Kier molecular flexibility index (Phi) is 5.21. The van der Waals surface area contributed by atoms with Gasteiger partial charge in [0.15, 0.2) is 0 Å². The van der Waals surface area contributed by atoms with Crippen LogP contribution in [0.1, 0.15) is 41.9 Å². The lowest BCUT2D eigenvalue weighted by Crippen LogP contribution is -2.42. The number of nitrogens with zero attached hydrogens (tertiary/aromatic N) is 5. The van der Waals surface area contributed by atoms with E-state index in [0.717, 1.165) is 60.2 Å². The minimum atomic E-state index is -0.0633. The molecule has 0 spiro atoms. The van der Waals surface area contributed by atoms with Crippen molar-refractivity contribution in [2.24, 2.45) is 15.9 Å². The molecule has 3 aliphatic heterocycles. The van der Waals surface area contributed by atoms with Crippen molar-refractivity contribution in [1.82, 2.24) is 9.80 Å². The minimum Gasteiger partial charge on any atom is -0.373 e. The Labute approximate surface area is 182 Å². The van der Waals surface area contributed by atoms with Gasteiger partial charge in [-0.3, -0.25) is 14.7 Å². The molecule has 0 unspecified atom stereocenters. The van der Waals surface area contributed by atoms with E-state index in [2.05, 4.69) is 22.8 Å². The molecule has 5 rings (SSSR count). The Morgan fingerprint density at radius 3 is 2.70 bits per heavy atom. The van der Waals surface area contributed by atoms with Crippen molar-refractivity contribution in [3.63, 3.8) is 0 Å². The van der Waals surface area contributed by atoms with E-state index in [1.807, 2.05) is 12.3 Å². The van der Waals surface area contributed by atoms with Crippen molar-refractivity contribution >= 4 is 34.5 Å². The Hall–Kier alpha value is -2.43. The first-order valence-electron chi connectivity index (χ1n) is 10.9. The second kappa shape index (κ2) is 8.01. The molecule has 7 heteroatoms. The molecule has 0 N–H and O–H groups in total. The summed E-state index contributed by atoms with van der Waals surface area (Å²) in [7, 11) is 2.12. The SMILES string of the molecule is C#Cc1cc2c(s1)C(C1CCCCC1)=NCC1=N/C(=C\N3CCN(C)CC3)C(=O)N12. The number of amides is 1.